The molecule has 146 valence electrons. The second-order valence-corrected chi connectivity index (χ2v) is 6.65. The smallest absolute Gasteiger partial charge is 0.497 e. The van der Waals surface area contributed by atoms with Crippen LogP contribution in [0.4, 0.5) is 18.9 Å². The lowest BCUT2D eigenvalue weighted by atomic mass is 10.2. The molecule has 0 aliphatic heterocycles. The standard InChI is InChI=1S/C16H14F3NO6S/c1-24-10-7-8-12(11(9-10)15(21)25-2)20-27(22,23)14-6-4-3-5-13(14)26-16(17,18)19/h3-9,20H,1-2H3. The molecule has 0 radical (unpaired) electrons. The van der Waals surface area contributed by atoms with E-state index >= 15 is 0 Å². The first-order valence-electron chi connectivity index (χ1n) is 7.21. The normalized spacial score (nSPS) is 11.6. The van der Waals surface area contributed by atoms with Crippen LogP contribution in [0, 0.1) is 0 Å². The zero-order valence-electron chi connectivity index (χ0n) is 14.0. The summed E-state index contributed by atoms with van der Waals surface area (Å²) in [6, 6.07) is 8.02. The Morgan fingerprint density at radius 3 is 2.33 bits per heavy atom. The Hall–Kier alpha value is -2.95. The lowest BCUT2D eigenvalue weighted by molar-refractivity contribution is -0.275. The van der Waals surface area contributed by atoms with Crippen molar-refractivity contribution in [2.24, 2.45) is 0 Å². The van der Waals surface area contributed by atoms with Gasteiger partial charge in [-0.3, -0.25) is 4.72 Å². The number of anilines is 1. The second-order valence-electron chi connectivity index (χ2n) is 5.00. The van der Waals surface area contributed by atoms with Gasteiger partial charge >= 0.3 is 12.3 Å². The highest BCUT2D eigenvalue weighted by Crippen LogP contribution is 2.32. The highest BCUT2D eigenvalue weighted by Gasteiger charge is 2.34. The Balaban J connectivity index is 2.48. The molecule has 0 amide bonds. The molecule has 0 spiro atoms. The first-order chi connectivity index (χ1) is 12.6. The average molecular weight is 405 g/mol. The molecule has 0 fully saturated rings. The lowest BCUT2D eigenvalue weighted by Crippen LogP contribution is -2.21. The molecule has 27 heavy (non-hydrogen) atoms. The van der Waals surface area contributed by atoms with E-state index in [-0.39, 0.29) is 17.0 Å². The van der Waals surface area contributed by atoms with Crippen LogP contribution >= 0.6 is 0 Å². The van der Waals surface area contributed by atoms with E-state index in [0.29, 0.717) is 0 Å². The topological polar surface area (TPSA) is 90.9 Å². The van der Waals surface area contributed by atoms with E-state index in [2.05, 4.69) is 14.2 Å². The Bertz CT molecular complexity index is 943. The third kappa shape index (κ3) is 5.03. The number of para-hydroxylation sites is 1. The number of carbonyl (C=O) groups excluding carboxylic acids is 1. The summed E-state index contributed by atoms with van der Waals surface area (Å²) in [6.07, 6.45) is -5.08. The lowest BCUT2D eigenvalue weighted by Gasteiger charge is -2.16. The van der Waals surface area contributed by atoms with Crippen molar-refractivity contribution >= 4 is 21.7 Å². The van der Waals surface area contributed by atoms with Crippen LogP contribution in [0.25, 0.3) is 0 Å². The fourth-order valence-corrected chi connectivity index (χ4v) is 3.31. The quantitative estimate of drug-likeness (QED) is 0.743. The van der Waals surface area contributed by atoms with E-state index in [1.807, 2.05) is 0 Å². The largest absolute Gasteiger partial charge is 0.573 e. The highest BCUT2D eigenvalue weighted by atomic mass is 32.2. The van der Waals surface area contributed by atoms with Gasteiger partial charge < -0.3 is 14.2 Å². The molecule has 2 aromatic rings. The fraction of sp³-hybridized carbons (Fsp3) is 0.188. The molecule has 0 unspecified atom stereocenters. The maximum absolute atomic E-state index is 12.6. The van der Waals surface area contributed by atoms with Crippen LogP contribution in [-0.2, 0) is 14.8 Å². The molecular formula is C16H14F3NO6S. The molecule has 0 bridgehead atoms. The van der Waals surface area contributed by atoms with Crippen LogP contribution in [0.3, 0.4) is 0 Å². The van der Waals surface area contributed by atoms with Crippen molar-refractivity contribution in [2.45, 2.75) is 11.3 Å². The van der Waals surface area contributed by atoms with E-state index in [0.717, 1.165) is 19.2 Å². The number of methoxy groups -OCH3 is 2. The Morgan fingerprint density at radius 2 is 1.74 bits per heavy atom. The molecule has 0 aromatic heterocycles. The van der Waals surface area contributed by atoms with E-state index in [1.165, 1.54) is 37.4 Å². The number of benzene rings is 2. The summed E-state index contributed by atoms with van der Waals surface area (Å²) in [4.78, 5) is 11.1. The number of halogens is 3. The summed E-state index contributed by atoms with van der Waals surface area (Å²) < 4.78 is 78.1. The minimum atomic E-state index is -5.08. The molecule has 2 rings (SSSR count). The van der Waals surface area contributed by atoms with E-state index in [1.54, 1.807) is 0 Å². The van der Waals surface area contributed by atoms with Gasteiger partial charge in [0.25, 0.3) is 10.0 Å². The first-order valence-corrected chi connectivity index (χ1v) is 8.69. The Morgan fingerprint density at radius 1 is 1.07 bits per heavy atom. The van der Waals surface area contributed by atoms with E-state index in [9.17, 15) is 26.4 Å². The molecule has 2 aromatic carbocycles. The van der Waals surface area contributed by atoms with Crippen molar-refractivity contribution in [1.82, 2.24) is 0 Å². The zero-order chi connectivity index (χ0) is 20.2. The maximum Gasteiger partial charge on any atom is 0.573 e. The molecule has 1 N–H and O–H groups in total. The molecular weight excluding hydrogens is 391 g/mol. The van der Waals surface area contributed by atoms with Crippen molar-refractivity contribution in [3.8, 4) is 11.5 Å². The van der Waals surface area contributed by atoms with E-state index in [4.69, 9.17) is 4.74 Å². The summed E-state index contributed by atoms with van der Waals surface area (Å²) >= 11 is 0. The fourth-order valence-electron chi connectivity index (χ4n) is 2.10. The van der Waals surface area contributed by atoms with Gasteiger partial charge in [-0.05, 0) is 30.3 Å². The minimum absolute atomic E-state index is 0.186. The van der Waals surface area contributed by atoms with Gasteiger partial charge in [0.2, 0.25) is 0 Å². The Labute approximate surface area is 152 Å². The minimum Gasteiger partial charge on any atom is -0.497 e. The third-order valence-corrected chi connectivity index (χ3v) is 4.65. The van der Waals surface area contributed by atoms with Crippen molar-refractivity contribution < 1.29 is 40.6 Å². The number of alkyl halides is 3. The van der Waals surface area contributed by atoms with Gasteiger partial charge in [0, 0.05) is 0 Å². The molecule has 7 nitrogen and oxygen atoms in total. The molecule has 0 heterocycles. The van der Waals surface area contributed by atoms with Crippen LogP contribution in [0.15, 0.2) is 47.4 Å². The monoisotopic (exact) mass is 405 g/mol. The molecule has 0 aliphatic carbocycles. The number of ether oxygens (including phenoxy) is 3. The van der Waals surface area contributed by atoms with Gasteiger partial charge in [-0.25, -0.2) is 13.2 Å². The van der Waals surface area contributed by atoms with Crippen molar-refractivity contribution in [3.63, 3.8) is 0 Å². The van der Waals surface area contributed by atoms with E-state index < -0.39 is 33.0 Å². The van der Waals surface area contributed by atoms with Gasteiger partial charge in [-0.1, -0.05) is 12.1 Å². The van der Waals surface area contributed by atoms with Crippen LogP contribution < -0.4 is 14.2 Å². The average Bonchev–Trinajstić information content (AvgIpc) is 2.60. The van der Waals surface area contributed by atoms with Gasteiger partial charge in [-0.15, -0.1) is 13.2 Å². The van der Waals surface area contributed by atoms with Crippen LogP contribution in [0.2, 0.25) is 0 Å². The van der Waals surface area contributed by atoms with Gasteiger partial charge in [0.1, 0.15) is 16.4 Å². The number of rotatable bonds is 6. The zero-order valence-corrected chi connectivity index (χ0v) is 14.8. The number of carbonyl (C=O) groups is 1. The molecule has 11 heteroatoms. The third-order valence-electron chi connectivity index (χ3n) is 3.24. The van der Waals surface area contributed by atoms with Crippen molar-refractivity contribution in [3.05, 3.63) is 48.0 Å². The van der Waals surface area contributed by atoms with Gasteiger partial charge in [-0.2, -0.15) is 0 Å². The van der Waals surface area contributed by atoms with Crippen LogP contribution in [0.5, 0.6) is 11.5 Å². The maximum atomic E-state index is 12.6. The van der Waals surface area contributed by atoms with Crippen LogP contribution in [0.1, 0.15) is 10.4 Å². The second kappa shape index (κ2) is 7.74. The summed E-state index contributed by atoms with van der Waals surface area (Å²) in [5, 5.41) is 0. The predicted octanol–water partition coefficient (Wildman–Crippen LogP) is 3.18. The van der Waals surface area contributed by atoms with Crippen LogP contribution in [-0.4, -0.2) is 35.0 Å². The Kier molecular flexibility index (Phi) is 5.84. The molecule has 0 saturated heterocycles. The summed E-state index contributed by atoms with van der Waals surface area (Å²) in [6.45, 7) is 0. The van der Waals surface area contributed by atoms with Crippen molar-refractivity contribution in [1.29, 1.82) is 0 Å². The van der Waals surface area contributed by atoms with Gasteiger partial charge in [0.15, 0.2) is 0 Å². The number of esters is 1. The molecule has 0 saturated carbocycles. The number of hydrogen-bond acceptors (Lipinski definition) is 6. The van der Waals surface area contributed by atoms with Gasteiger partial charge in [0.05, 0.1) is 25.5 Å². The first kappa shape index (κ1) is 20.4. The highest BCUT2D eigenvalue weighted by molar-refractivity contribution is 7.92. The molecule has 0 aliphatic rings. The SMILES string of the molecule is COC(=O)c1cc(OC)ccc1NS(=O)(=O)c1ccccc1OC(F)(F)F. The summed E-state index contributed by atoms with van der Waals surface area (Å²) in [7, 11) is -2.10. The summed E-state index contributed by atoms with van der Waals surface area (Å²) in [5.74, 6) is -1.53. The number of nitrogens with one attached hydrogen (secondary N) is 1. The number of sulfonamides is 1. The molecule has 0 atom stereocenters. The number of hydrogen-bond donors (Lipinski definition) is 1. The predicted molar refractivity (Wildman–Crippen MR) is 88.3 cm³/mol. The van der Waals surface area contributed by atoms with Crippen molar-refractivity contribution in [2.75, 3.05) is 18.9 Å². The summed E-state index contributed by atoms with van der Waals surface area (Å²) in [5.41, 5.74) is -0.390.